The van der Waals surface area contributed by atoms with Crippen LogP contribution in [0, 0.1) is 12.8 Å². The fraction of sp³-hybridized carbons (Fsp3) is 0.556. The summed E-state index contributed by atoms with van der Waals surface area (Å²) in [4.78, 5) is 26.4. The van der Waals surface area contributed by atoms with Crippen molar-refractivity contribution in [3.05, 3.63) is 35.4 Å². The Morgan fingerprint density at radius 3 is 2.74 bits per heavy atom. The SMILES string of the molecule is Cc1ccc([C@@H]2CCCN2C(=O)C(=O)NC[C@@H]2CCOC2)cc1. The number of benzene rings is 1. The Kier molecular flexibility index (Phi) is 4.96. The van der Waals surface area contributed by atoms with Crippen molar-refractivity contribution < 1.29 is 14.3 Å². The maximum atomic E-state index is 12.5. The summed E-state index contributed by atoms with van der Waals surface area (Å²) in [6.07, 6.45) is 2.80. The largest absolute Gasteiger partial charge is 0.381 e. The van der Waals surface area contributed by atoms with Crippen molar-refractivity contribution >= 4 is 11.8 Å². The normalized spacial score (nSPS) is 24.0. The average Bonchev–Trinajstić information content (AvgIpc) is 3.24. The molecule has 0 spiro atoms. The Labute approximate surface area is 137 Å². The third kappa shape index (κ3) is 3.72. The van der Waals surface area contributed by atoms with Gasteiger partial charge in [-0.3, -0.25) is 9.59 Å². The van der Waals surface area contributed by atoms with Crippen molar-refractivity contribution in [2.24, 2.45) is 5.92 Å². The van der Waals surface area contributed by atoms with Crippen molar-refractivity contribution in [1.82, 2.24) is 10.2 Å². The van der Waals surface area contributed by atoms with Gasteiger partial charge in [-0.25, -0.2) is 0 Å². The van der Waals surface area contributed by atoms with E-state index in [0.717, 1.165) is 31.4 Å². The smallest absolute Gasteiger partial charge is 0.312 e. The molecule has 2 saturated heterocycles. The summed E-state index contributed by atoms with van der Waals surface area (Å²) < 4.78 is 5.29. The van der Waals surface area contributed by atoms with Gasteiger partial charge in [0.1, 0.15) is 0 Å². The zero-order valence-electron chi connectivity index (χ0n) is 13.6. The number of nitrogens with zero attached hydrogens (tertiary/aromatic N) is 1. The minimum absolute atomic E-state index is 0.0173. The number of ether oxygens (including phenoxy) is 1. The van der Waals surface area contributed by atoms with Crippen molar-refractivity contribution in [2.75, 3.05) is 26.3 Å². The molecule has 2 fully saturated rings. The quantitative estimate of drug-likeness (QED) is 0.865. The lowest BCUT2D eigenvalue weighted by Gasteiger charge is -2.24. The van der Waals surface area contributed by atoms with Crippen molar-refractivity contribution in [3.8, 4) is 0 Å². The summed E-state index contributed by atoms with van der Waals surface area (Å²) in [5.74, 6) is -0.568. The molecule has 0 radical (unpaired) electrons. The predicted octanol–water partition coefficient (Wildman–Crippen LogP) is 1.81. The predicted molar refractivity (Wildman–Crippen MR) is 86.8 cm³/mol. The maximum absolute atomic E-state index is 12.5. The molecule has 1 aromatic carbocycles. The van der Waals surface area contributed by atoms with Crippen LogP contribution in [0.5, 0.6) is 0 Å². The van der Waals surface area contributed by atoms with Gasteiger partial charge in [-0.05, 0) is 31.7 Å². The molecule has 2 amide bonds. The molecule has 1 N–H and O–H groups in total. The molecule has 124 valence electrons. The molecule has 0 unspecified atom stereocenters. The van der Waals surface area contributed by atoms with E-state index in [0.29, 0.717) is 25.6 Å². The number of carbonyl (C=O) groups excluding carboxylic acids is 2. The van der Waals surface area contributed by atoms with Gasteiger partial charge >= 0.3 is 11.8 Å². The Bertz CT molecular complexity index is 564. The number of hydrogen-bond donors (Lipinski definition) is 1. The molecule has 2 aliphatic heterocycles. The van der Waals surface area contributed by atoms with E-state index in [2.05, 4.69) is 29.6 Å². The van der Waals surface area contributed by atoms with E-state index in [4.69, 9.17) is 4.74 Å². The highest BCUT2D eigenvalue weighted by Crippen LogP contribution is 2.32. The highest BCUT2D eigenvalue weighted by atomic mass is 16.5. The minimum atomic E-state index is -0.490. The first-order valence-electron chi connectivity index (χ1n) is 8.38. The van der Waals surface area contributed by atoms with Crippen LogP contribution in [0.3, 0.4) is 0 Å². The van der Waals surface area contributed by atoms with E-state index in [1.165, 1.54) is 5.56 Å². The fourth-order valence-electron chi connectivity index (χ4n) is 3.33. The third-order valence-electron chi connectivity index (χ3n) is 4.75. The summed E-state index contributed by atoms with van der Waals surface area (Å²) in [6.45, 7) is 4.63. The summed E-state index contributed by atoms with van der Waals surface area (Å²) in [7, 11) is 0. The first kappa shape index (κ1) is 16.0. The zero-order valence-corrected chi connectivity index (χ0v) is 13.6. The van der Waals surface area contributed by atoms with Crippen LogP contribution in [0.25, 0.3) is 0 Å². The van der Waals surface area contributed by atoms with E-state index in [-0.39, 0.29) is 6.04 Å². The van der Waals surface area contributed by atoms with Gasteiger partial charge in [-0.2, -0.15) is 0 Å². The van der Waals surface area contributed by atoms with Crippen LogP contribution in [0.15, 0.2) is 24.3 Å². The monoisotopic (exact) mass is 316 g/mol. The van der Waals surface area contributed by atoms with Gasteiger partial charge in [-0.15, -0.1) is 0 Å². The number of aryl methyl sites for hydroxylation is 1. The molecule has 3 rings (SSSR count). The van der Waals surface area contributed by atoms with Crippen LogP contribution in [0.2, 0.25) is 0 Å². The van der Waals surface area contributed by atoms with Crippen molar-refractivity contribution in [2.45, 2.75) is 32.2 Å². The lowest BCUT2D eigenvalue weighted by Crippen LogP contribution is -2.44. The van der Waals surface area contributed by atoms with Gasteiger partial charge in [-0.1, -0.05) is 29.8 Å². The van der Waals surface area contributed by atoms with Crippen LogP contribution in [0.4, 0.5) is 0 Å². The molecule has 2 atom stereocenters. The lowest BCUT2D eigenvalue weighted by atomic mass is 10.0. The number of carbonyl (C=O) groups is 2. The molecule has 5 nitrogen and oxygen atoms in total. The van der Waals surface area contributed by atoms with Gasteiger partial charge in [0.2, 0.25) is 0 Å². The van der Waals surface area contributed by atoms with Gasteiger partial charge < -0.3 is 15.0 Å². The van der Waals surface area contributed by atoms with Gasteiger partial charge in [0.25, 0.3) is 0 Å². The van der Waals surface area contributed by atoms with Gasteiger partial charge in [0, 0.05) is 25.6 Å². The molecule has 2 heterocycles. The highest BCUT2D eigenvalue weighted by molar-refractivity contribution is 6.35. The number of nitrogens with one attached hydrogen (secondary N) is 1. The van der Waals surface area contributed by atoms with Crippen LogP contribution < -0.4 is 5.32 Å². The molecule has 23 heavy (non-hydrogen) atoms. The summed E-state index contributed by atoms with van der Waals surface area (Å²) in [5, 5.41) is 2.77. The number of amides is 2. The van der Waals surface area contributed by atoms with Crippen LogP contribution in [0.1, 0.15) is 36.4 Å². The molecule has 0 saturated carbocycles. The third-order valence-corrected chi connectivity index (χ3v) is 4.75. The molecule has 0 aromatic heterocycles. The van der Waals surface area contributed by atoms with E-state index in [1.54, 1.807) is 4.90 Å². The van der Waals surface area contributed by atoms with E-state index >= 15 is 0 Å². The molecule has 5 heteroatoms. The van der Waals surface area contributed by atoms with Crippen LogP contribution in [-0.2, 0) is 14.3 Å². The first-order chi connectivity index (χ1) is 11.1. The Morgan fingerprint density at radius 1 is 1.26 bits per heavy atom. The average molecular weight is 316 g/mol. The Balaban J connectivity index is 1.60. The lowest BCUT2D eigenvalue weighted by molar-refractivity contribution is -0.146. The zero-order chi connectivity index (χ0) is 16.2. The second-order valence-electron chi connectivity index (χ2n) is 6.51. The van der Waals surface area contributed by atoms with Crippen molar-refractivity contribution in [3.63, 3.8) is 0 Å². The fourth-order valence-corrected chi connectivity index (χ4v) is 3.33. The summed E-state index contributed by atoms with van der Waals surface area (Å²) in [5.41, 5.74) is 2.31. The van der Waals surface area contributed by atoms with E-state index in [9.17, 15) is 9.59 Å². The Hall–Kier alpha value is -1.88. The van der Waals surface area contributed by atoms with E-state index < -0.39 is 11.8 Å². The van der Waals surface area contributed by atoms with Gasteiger partial charge in [0.15, 0.2) is 0 Å². The molecular weight excluding hydrogens is 292 g/mol. The summed E-state index contributed by atoms with van der Waals surface area (Å²) in [6, 6.07) is 8.23. The van der Waals surface area contributed by atoms with Crippen molar-refractivity contribution in [1.29, 1.82) is 0 Å². The van der Waals surface area contributed by atoms with Gasteiger partial charge in [0.05, 0.1) is 12.6 Å². The molecule has 2 aliphatic rings. The standard InChI is InChI=1S/C18H24N2O3/c1-13-4-6-15(7-5-13)16-3-2-9-20(16)18(22)17(21)19-11-14-8-10-23-12-14/h4-7,14,16H,2-3,8-12H2,1H3,(H,19,21)/t14-,16-/m0/s1. The minimum Gasteiger partial charge on any atom is -0.381 e. The summed E-state index contributed by atoms with van der Waals surface area (Å²) >= 11 is 0. The van der Waals surface area contributed by atoms with E-state index in [1.807, 2.05) is 6.92 Å². The molecule has 0 aliphatic carbocycles. The maximum Gasteiger partial charge on any atom is 0.312 e. The molecular formula is C18H24N2O3. The Morgan fingerprint density at radius 2 is 2.04 bits per heavy atom. The van der Waals surface area contributed by atoms with Crippen LogP contribution >= 0.6 is 0 Å². The molecule has 0 bridgehead atoms. The number of likely N-dealkylation sites (tertiary alicyclic amines) is 1. The first-order valence-corrected chi connectivity index (χ1v) is 8.38. The molecule has 1 aromatic rings. The second kappa shape index (κ2) is 7.13. The topological polar surface area (TPSA) is 58.6 Å². The van der Waals surface area contributed by atoms with Crippen LogP contribution in [-0.4, -0.2) is 43.0 Å². The number of rotatable bonds is 3. The highest BCUT2D eigenvalue weighted by Gasteiger charge is 2.33. The second-order valence-corrected chi connectivity index (χ2v) is 6.51. The number of hydrogen-bond acceptors (Lipinski definition) is 3.